The van der Waals surface area contributed by atoms with Crippen molar-refractivity contribution in [3.8, 4) is 0 Å². The summed E-state index contributed by atoms with van der Waals surface area (Å²) < 4.78 is 0. The summed E-state index contributed by atoms with van der Waals surface area (Å²) in [6.45, 7) is 3.68. The minimum atomic E-state index is -0.453. The monoisotopic (exact) mass is 246 g/mol. The van der Waals surface area contributed by atoms with E-state index in [-0.39, 0.29) is 5.91 Å². The zero-order valence-electron chi connectivity index (χ0n) is 8.55. The van der Waals surface area contributed by atoms with Crippen LogP contribution < -0.4 is 5.32 Å². The summed E-state index contributed by atoms with van der Waals surface area (Å²) in [6.07, 6.45) is 2.96. The Balaban J connectivity index is 2.83. The van der Waals surface area contributed by atoms with Crippen molar-refractivity contribution in [1.82, 2.24) is 10.3 Å². The predicted molar refractivity (Wildman–Crippen MR) is 61.5 cm³/mol. The fourth-order valence-electron chi connectivity index (χ4n) is 0.967. The van der Waals surface area contributed by atoms with E-state index in [0.29, 0.717) is 16.5 Å². The van der Waals surface area contributed by atoms with Crippen LogP contribution >= 0.6 is 23.2 Å². The lowest BCUT2D eigenvalue weighted by Crippen LogP contribution is -2.45. The summed E-state index contributed by atoms with van der Waals surface area (Å²) in [6, 6.07) is 1.57. The van der Waals surface area contributed by atoms with E-state index in [2.05, 4.69) is 10.3 Å². The number of carbonyl (C=O) groups is 1. The van der Waals surface area contributed by atoms with Crippen LogP contribution in [0.5, 0.6) is 0 Å². The maximum absolute atomic E-state index is 11.8. The van der Waals surface area contributed by atoms with Crippen molar-refractivity contribution in [3.63, 3.8) is 0 Å². The molecule has 0 unspecified atom stereocenters. The summed E-state index contributed by atoms with van der Waals surface area (Å²) in [4.78, 5) is 15.6. The molecule has 0 atom stereocenters. The second kappa shape index (κ2) is 4.81. The number of nitrogens with zero attached hydrogens (tertiary/aromatic N) is 1. The SMILES string of the molecule is CC(C)(CCl)NC(=O)c1ccncc1Cl. The molecule has 1 heterocycles. The van der Waals surface area contributed by atoms with Crippen LogP contribution in [0.15, 0.2) is 18.5 Å². The maximum atomic E-state index is 11.8. The molecule has 0 saturated carbocycles. The molecular weight excluding hydrogens is 235 g/mol. The lowest BCUT2D eigenvalue weighted by Gasteiger charge is -2.23. The zero-order valence-corrected chi connectivity index (χ0v) is 10.1. The molecule has 0 radical (unpaired) electrons. The van der Waals surface area contributed by atoms with Gasteiger partial charge in [-0.1, -0.05) is 11.6 Å². The van der Waals surface area contributed by atoms with Crippen LogP contribution in [0.4, 0.5) is 0 Å². The fourth-order valence-corrected chi connectivity index (χ4v) is 1.24. The predicted octanol–water partition coefficient (Wildman–Crippen LogP) is 2.48. The second-order valence-corrected chi connectivity index (χ2v) is 4.50. The molecule has 1 rings (SSSR count). The zero-order chi connectivity index (χ0) is 11.5. The molecule has 0 aromatic carbocycles. The molecule has 5 heteroatoms. The van der Waals surface area contributed by atoms with Gasteiger partial charge < -0.3 is 5.32 Å². The van der Waals surface area contributed by atoms with E-state index in [1.54, 1.807) is 6.07 Å². The molecule has 0 spiro atoms. The summed E-state index contributed by atoms with van der Waals surface area (Å²) in [7, 11) is 0. The van der Waals surface area contributed by atoms with E-state index in [4.69, 9.17) is 23.2 Å². The highest BCUT2D eigenvalue weighted by Crippen LogP contribution is 2.15. The highest BCUT2D eigenvalue weighted by atomic mass is 35.5. The number of alkyl halides is 1. The average molecular weight is 247 g/mol. The standard InChI is InChI=1S/C10H12Cl2N2O/c1-10(2,6-11)14-9(15)7-3-4-13-5-8(7)12/h3-5H,6H2,1-2H3,(H,14,15). The molecule has 1 N–H and O–H groups in total. The average Bonchev–Trinajstić information content (AvgIpc) is 2.17. The molecule has 1 amide bonds. The van der Waals surface area contributed by atoms with Crippen LogP contribution in [0.25, 0.3) is 0 Å². The van der Waals surface area contributed by atoms with Crippen molar-refractivity contribution >= 4 is 29.1 Å². The third-order valence-electron chi connectivity index (χ3n) is 1.80. The first kappa shape index (κ1) is 12.3. The van der Waals surface area contributed by atoms with Crippen LogP contribution in [0.3, 0.4) is 0 Å². The highest BCUT2D eigenvalue weighted by Gasteiger charge is 2.21. The van der Waals surface area contributed by atoms with Crippen LogP contribution in [0.1, 0.15) is 24.2 Å². The van der Waals surface area contributed by atoms with Gasteiger partial charge >= 0.3 is 0 Å². The minimum Gasteiger partial charge on any atom is -0.346 e. The van der Waals surface area contributed by atoms with Crippen molar-refractivity contribution in [1.29, 1.82) is 0 Å². The number of pyridine rings is 1. The van der Waals surface area contributed by atoms with Gasteiger partial charge in [0.15, 0.2) is 0 Å². The van der Waals surface area contributed by atoms with Crippen LogP contribution in [-0.4, -0.2) is 22.3 Å². The molecule has 0 bridgehead atoms. The number of aromatic nitrogens is 1. The molecule has 1 aromatic heterocycles. The Labute approximate surface area is 98.8 Å². The lowest BCUT2D eigenvalue weighted by molar-refractivity contribution is 0.0920. The van der Waals surface area contributed by atoms with Gasteiger partial charge in [-0.3, -0.25) is 9.78 Å². The number of carbonyl (C=O) groups excluding carboxylic acids is 1. The Morgan fingerprint density at radius 3 is 2.80 bits per heavy atom. The van der Waals surface area contributed by atoms with E-state index in [9.17, 15) is 4.79 Å². The number of hydrogen-bond donors (Lipinski definition) is 1. The molecule has 0 aliphatic heterocycles. The molecule has 0 saturated heterocycles. The smallest absolute Gasteiger partial charge is 0.253 e. The first-order chi connectivity index (χ1) is 6.96. The molecule has 0 aliphatic rings. The van der Waals surface area contributed by atoms with Gasteiger partial charge in [0.2, 0.25) is 0 Å². The highest BCUT2D eigenvalue weighted by molar-refractivity contribution is 6.33. The maximum Gasteiger partial charge on any atom is 0.253 e. The van der Waals surface area contributed by atoms with E-state index in [1.807, 2.05) is 13.8 Å². The van der Waals surface area contributed by atoms with Crippen molar-refractivity contribution in [2.45, 2.75) is 19.4 Å². The quantitative estimate of drug-likeness (QED) is 0.833. The second-order valence-electron chi connectivity index (χ2n) is 3.83. The van der Waals surface area contributed by atoms with E-state index < -0.39 is 5.54 Å². The van der Waals surface area contributed by atoms with Crippen LogP contribution in [0, 0.1) is 0 Å². The Bertz CT molecular complexity index is 366. The molecule has 15 heavy (non-hydrogen) atoms. The molecule has 1 aromatic rings. The topological polar surface area (TPSA) is 42.0 Å². The third-order valence-corrected chi connectivity index (χ3v) is 2.77. The Hall–Kier alpha value is -0.800. The van der Waals surface area contributed by atoms with E-state index >= 15 is 0 Å². The first-order valence-corrected chi connectivity index (χ1v) is 5.35. The molecule has 3 nitrogen and oxygen atoms in total. The number of hydrogen-bond acceptors (Lipinski definition) is 2. The van der Waals surface area contributed by atoms with Gasteiger partial charge in [-0.15, -0.1) is 11.6 Å². The number of amides is 1. The third kappa shape index (κ3) is 3.36. The van der Waals surface area contributed by atoms with Gasteiger partial charge in [0.05, 0.1) is 10.6 Å². The Morgan fingerprint density at radius 1 is 1.60 bits per heavy atom. The Morgan fingerprint density at radius 2 is 2.27 bits per heavy atom. The normalized spacial score (nSPS) is 11.2. The molecule has 0 aliphatic carbocycles. The molecule has 82 valence electrons. The summed E-state index contributed by atoms with van der Waals surface area (Å²) in [5.41, 5.74) is -0.0459. The van der Waals surface area contributed by atoms with E-state index in [0.717, 1.165) is 0 Å². The molecule has 0 fully saturated rings. The summed E-state index contributed by atoms with van der Waals surface area (Å²) in [5.74, 6) is 0.0922. The summed E-state index contributed by atoms with van der Waals surface area (Å²) >= 11 is 11.5. The van der Waals surface area contributed by atoms with Gasteiger partial charge in [-0.2, -0.15) is 0 Å². The van der Waals surface area contributed by atoms with Gasteiger partial charge in [0.25, 0.3) is 5.91 Å². The minimum absolute atomic E-state index is 0.243. The fraction of sp³-hybridized carbons (Fsp3) is 0.400. The molecular formula is C10H12Cl2N2O. The van der Waals surface area contributed by atoms with E-state index in [1.165, 1.54) is 12.4 Å². The van der Waals surface area contributed by atoms with Gasteiger partial charge in [0, 0.05) is 23.8 Å². The van der Waals surface area contributed by atoms with Crippen molar-refractivity contribution in [2.24, 2.45) is 0 Å². The number of halogens is 2. The van der Waals surface area contributed by atoms with Crippen molar-refractivity contribution < 1.29 is 4.79 Å². The van der Waals surface area contributed by atoms with Gasteiger partial charge in [-0.05, 0) is 19.9 Å². The van der Waals surface area contributed by atoms with Crippen LogP contribution in [-0.2, 0) is 0 Å². The van der Waals surface area contributed by atoms with Crippen LogP contribution in [0.2, 0.25) is 5.02 Å². The van der Waals surface area contributed by atoms with Crippen molar-refractivity contribution in [3.05, 3.63) is 29.0 Å². The number of rotatable bonds is 3. The number of nitrogens with one attached hydrogen (secondary N) is 1. The largest absolute Gasteiger partial charge is 0.346 e. The first-order valence-electron chi connectivity index (χ1n) is 4.44. The summed E-state index contributed by atoms with van der Waals surface area (Å²) in [5, 5.41) is 3.11. The van der Waals surface area contributed by atoms with Gasteiger partial charge in [-0.25, -0.2) is 0 Å². The van der Waals surface area contributed by atoms with Gasteiger partial charge in [0.1, 0.15) is 0 Å². The lowest BCUT2D eigenvalue weighted by atomic mass is 10.1. The van der Waals surface area contributed by atoms with Crippen molar-refractivity contribution in [2.75, 3.05) is 5.88 Å². The Kier molecular flexibility index (Phi) is 3.94.